The van der Waals surface area contributed by atoms with Gasteiger partial charge in [0.1, 0.15) is 0 Å². The van der Waals surface area contributed by atoms with Gasteiger partial charge in [0.15, 0.2) is 0 Å². The Labute approximate surface area is 120 Å². The number of ether oxygens (including phenoxy) is 1. The van der Waals surface area contributed by atoms with E-state index in [9.17, 15) is 4.79 Å². The molecule has 1 amide bonds. The highest BCUT2D eigenvalue weighted by Gasteiger charge is 2.33. The number of pyridine rings is 1. The molecule has 1 aromatic heterocycles. The molecule has 2 N–H and O–H groups in total. The fraction of sp³-hybridized carbons (Fsp3) is 0.600. The van der Waals surface area contributed by atoms with Gasteiger partial charge < -0.3 is 15.4 Å². The highest BCUT2D eigenvalue weighted by Crippen LogP contribution is 2.14. The summed E-state index contributed by atoms with van der Waals surface area (Å²) in [5, 5.41) is 6.34. The van der Waals surface area contributed by atoms with E-state index in [1.165, 1.54) is 0 Å². The lowest BCUT2D eigenvalue weighted by molar-refractivity contribution is -0.125. The van der Waals surface area contributed by atoms with Crippen LogP contribution in [0, 0.1) is 12.8 Å². The zero-order valence-corrected chi connectivity index (χ0v) is 12.2. The van der Waals surface area contributed by atoms with E-state index in [4.69, 9.17) is 4.74 Å². The lowest BCUT2D eigenvalue weighted by Crippen LogP contribution is -2.44. The van der Waals surface area contributed by atoms with Gasteiger partial charge in [0.25, 0.3) is 0 Å². The summed E-state index contributed by atoms with van der Waals surface area (Å²) >= 11 is 0. The fourth-order valence-corrected chi connectivity index (χ4v) is 2.35. The molecule has 0 radical (unpaired) electrons. The number of carbonyl (C=O) groups is 1. The predicted octanol–water partition coefficient (Wildman–Crippen LogP) is 1.02. The highest BCUT2D eigenvalue weighted by molar-refractivity contribution is 5.79. The molecule has 1 saturated heterocycles. The van der Waals surface area contributed by atoms with Crippen LogP contribution in [0.25, 0.3) is 0 Å². The van der Waals surface area contributed by atoms with Gasteiger partial charge in [0.2, 0.25) is 5.91 Å². The number of hydrogen-bond acceptors (Lipinski definition) is 4. The second-order valence-electron chi connectivity index (χ2n) is 5.19. The van der Waals surface area contributed by atoms with Gasteiger partial charge in [-0.25, -0.2) is 0 Å². The summed E-state index contributed by atoms with van der Waals surface area (Å²) in [4.78, 5) is 16.5. The average molecular weight is 277 g/mol. The largest absolute Gasteiger partial charge is 0.379 e. The first-order valence-electron chi connectivity index (χ1n) is 7.21. The fourth-order valence-electron chi connectivity index (χ4n) is 2.35. The zero-order chi connectivity index (χ0) is 14.4. The molecule has 1 aromatic rings. The third-order valence-electron chi connectivity index (χ3n) is 3.62. The Morgan fingerprint density at radius 1 is 1.50 bits per heavy atom. The smallest absolute Gasteiger partial charge is 0.227 e. The van der Waals surface area contributed by atoms with E-state index in [1.54, 1.807) is 6.20 Å². The van der Waals surface area contributed by atoms with Crippen molar-refractivity contribution in [3.05, 3.63) is 29.6 Å². The van der Waals surface area contributed by atoms with Crippen LogP contribution in [0.4, 0.5) is 0 Å². The van der Waals surface area contributed by atoms with Gasteiger partial charge in [-0.1, -0.05) is 13.0 Å². The summed E-state index contributed by atoms with van der Waals surface area (Å²) in [6.45, 7) is 6.61. The molecule has 1 aliphatic rings. The van der Waals surface area contributed by atoms with Crippen molar-refractivity contribution in [2.75, 3.05) is 19.8 Å². The second-order valence-corrected chi connectivity index (χ2v) is 5.19. The molecule has 0 saturated carbocycles. The van der Waals surface area contributed by atoms with Crippen LogP contribution < -0.4 is 10.6 Å². The number of rotatable bonds is 6. The van der Waals surface area contributed by atoms with E-state index in [2.05, 4.69) is 22.5 Å². The van der Waals surface area contributed by atoms with Gasteiger partial charge in [-0.15, -0.1) is 0 Å². The van der Waals surface area contributed by atoms with Gasteiger partial charge >= 0.3 is 0 Å². The molecule has 1 aliphatic heterocycles. The van der Waals surface area contributed by atoms with Gasteiger partial charge in [-0.3, -0.25) is 9.78 Å². The summed E-state index contributed by atoms with van der Waals surface area (Å²) in [6.07, 6.45) is 2.80. The Morgan fingerprint density at radius 3 is 3.10 bits per heavy atom. The topological polar surface area (TPSA) is 63.2 Å². The first-order valence-corrected chi connectivity index (χ1v) is 7.21. The normalized spacial score (nSPS) is 21.9. The van der Waals surface area contributed by atoms with Crippen LogP contribution in [0.1, 0.15) is 24.6 Å². The number of carbonyl (C=O) groups excluding carboxylic acids is 1. The Morgan fingerprint density at radius 2 is 2.35 bits per heavy atom. The molecule has 1 fully saturated rings. The summed E-state index contributed by atoms with van der Waals surface area (Å²) in [5.41, 5.74) is 2.01. The number of nitrogens with one attached hydrogen (secondary N) is 2. The SMILES string of the molecule is CCCNC1COCC1C(=O)NCc1ncccc1C. The summed E-state index contributed by atoms with van der Waals surface area (Å²) < 4.78 is 5.42. The predicted molar refractivity (Wildman–Crippen MR) is 77.2 cm³/mol. The lowest BCUT2D eigenvalue weighted by atomic mass is 10.0. The van der Waals surface area contributed by atoms with Crippen molar-refractivity contribution in [3.8, 4) is 0 Å². The van der Waals surface area contributed by atoms with Gasteiger partial charge in [0, 0.05) is 12.2 Å². The van der Waals surface area contributed by atoms with Gasteiger partial charge in [-0.05, 0) is 31.5 Å². The Bertz CT molecular complexity index is 450. The van der Waals surface area contributed by atoms with Crippen molar-refractivity contribution in [1.29, 1.82) is 0 Å². The van der Waals surface area contributed by atoms with Crippen molar-refractivity contribution in [2.24, 2.45) is 5.92 Å². The molecule has 20 heavy (non-hydrogen) atoms. The minimum absolute atomic E-state index is 0.0427. The highest BCUT2D eigenvalue weighted by atomic mass is 16.5. The Balaban J connectivity index is 1.86. The number of aryl methyl sites for hydroxylation is 1. The molecule has 2 unspecified atom stereocenters. The van der Waals surface area contributed by atoms with Crippen molar-refractivity contribution in [1.82, 2.24) is 15.6 Å². The van der Waals surface area contributed by atoms with Crippen LogP contribution in [0.2, 0.25) is 0 Å². The molecule has 110 valence electrons. The van der Waals surface area contributed by atoms with E-state index in [0.29, 0.717) is 19.8 Å². The summed E-state index contributed by atoms with van der Waals surface area (Å²) in [5.74, 6) is -0.0632. The van der Waals surface area contributed by atoms with E-state index in [-0.39, 0.29) is 17.9 Å². The monoisotopic (exact) mass is 277 g/mol. The summed E-state index contributed by atoms with van der Waals surface area (Å²) in [7, 11) is 0. The third-order valence-corrected chi connectivity index (χ3v) is 3.62. The molecule has 0 spiro atoms. The first kappa shape index (κ1) is 14.9. The van der Waals surface area contributed by atoms with E-state index in [1.807, 2.05) is 19.1 Å². The maximum Gasteiger partial charge on any atom is 0.227 e. The first-order chi connectivity index (χ1) is 9.72. The quantitative estimate of drug-likeness (QED) is 0.815. The van der Waals surface area contributed by atoms with Crippen LogP contribution in [-0.4, -0.2) is 36.7 Å². The van der Waals surface area contributed by atoms with Crippen molar-refractivity contribution in [2.45, 2.75) is 32.9 Å². The Kier molecular flexibility index (Phi) is 5.49. The van der Waals surface area contributed by atoms with E-state index in [0.717, 1.165) is 24.2 Å². The molecule has 2 atom stereocenters. The molecule has 5 nitrogen and oxygen atoms in total. The molecule has 2 rings (SSSR count). The van der Waals surface area contributed by atoms with Crippen LogP contribution >= 0.6 is 0 Å². The number of nitrogens with zero attached hydrogens (tertiary/aromatic N) is 1. The van der Waals surface area contributed by atoms with Crippen LogP contribution in [0.3, 0.4) is 0 Å². The van der Waals surface area contributed by atoms with Crippen molar-refractivity contribution < 1.29 is 9.53 Å². The number of amides is 1. The molecule has 0 bridgehead atoms. The molecule has 0 aliphatic carbocycles. The summed E-state index contributed by atoms with van der Waals surface area (Å²) in [6, 6.07) is 4.02. The van der Waals surface area contributed by atoms with E-state index < -0.39 is 0 Å². The number of aromatic nitrogens is 1. The maximum absolute atomic E-state index is 12.2. The molecule has 2 heterocycles. The standard InChI is InChI=1S/C15H23N3O2/c1-3-6-16-14-10-20-9-12(14)15(19)18-8-13-11(2)5-4-7-17-13/h4-5,7,12,14,16H,3,6,8-10H2,1-2H3,(H,18,19). The minimum atomic E-state index is -0.106. The molecular formula is C15H23N3O2. The van der Waals surface area contributed by atoms with Crippen molar-refractivity contribution in [3.63, 3.8) is 0 Å². The van der Waals surface area contributed by atoms with Crippen LogP contribution in [0.15, 0.2) is 18.3 Å². The average Bonchev–Trinajstić information content (AvgIpc) is 2.92. The van der Waals surface area contributed by atoms with Gasteiger partial charge in [0.05, 0.1) is 31.4 Å². The maximum atomic E-state index is 12.2. The zero-order valence-electron chi connectivity index (χ0n) is 12.2. The van der Waals surface area contributed by atoms with Gasteiger partial charge in [-0.2, -0.15) is 0 Å². The lowest BCUT2D eigenvalue weighted by Gasteiger charge is -2.18. The minimum Gasteiger partial charge on any atom is -0.379 e. The molecule has 5 heteroatoms. The van der Waals surface area contributed by atoms with E-state index >= 15 is 0 Å². The number of hydrogen-bond donors (Lipinski definition) is 2. The van der Waals surface area contributed by atoms with Crippen molar-refractivity contribution >= 4 is 5.91 Å². The van der Waals surface area contributed by atoms with Crippen LogP contribution in [0.5, 0.6) is 0 Å². The molecular weight excluding hydrogens is 254 g/mol. The van der Waals surface area contributed by atoms with Crippen LogP contribution in [-0.2, 0) is 16.1 Å². The molecule has 0 aromatic carbocycles. The Hall–Kier alpha value is -1.46. The third kappa shape index (κ3) is 3.77. The second kappa shape index (κ2) is 7.36.